The number of nitrogens with zero attached hydrogens (tertiary/aromatic N) is 3. The minimum Gasteiger partial charge on any atom is -0.379 e. The minimum absolute atomic E-state index is 0.0941. The number of pyridine rings is 1. The number of hydrogen-bond donors (Lipinski definition) is 0. The van der Waals surface area contributed by atoms with Gasteiger partial charge in [0.2, 0.25) is 0 Å². The molecule has 0 bridgehead atoms. The number of fused-ring (bicyclic) bond motifs is 3. The molecule has 0 radical (unpaired) electrons. The van der Waals surface area contributed by atoms with Gasteiger partial charge < -0.3 is 4.74 Å². The predicted octanol–water partition coefficient (Wildman–Crippen LogP) is 3.61. The van der Waals surface area contributed by atoms with E-state index in [4.69, 9.17) is 13.9 Å². The van der Waals surface area contributed by atoms with Crippen LogP contribution in [0.3, 0.4) is 0 Å². The first-order valence-electron chi connectivity index (χ1n) is 9.50. The molecule has 1 unspecified atom stereocenters. The molecule has 24 heavy (non-hydrogen) atoms. The van der Waals surface area contributed by atoms with Gasteiger partial charge in [0, 0.05) is 33.9 Å². The fourth-order valence-electron chi connectivity index (χ4n) is 3.43. The Labute approximate surface area is 152 Å². The van der Waals surface area contributed by atoms with Gasteiger partial charge in [0.15, 0.2) is 0 Å². The highest BCUT2D eigenvalue weighted by Crippen LogP contribution is 2.35. The van der Waals surface area contributed by atoms with E-state index in [0.29, 0.717) is 29.6 Å². The molecule has 6 heteroatoms. The number of benzene rings is 1. The highest BCUT2D eigenvalue weighted by Gasteiger charge is 2.26. The van der Waals surface area contributed by atoms with E-state index >= 15 is 0 Å². The van der Waals surface area contributed by atoms with Gasteiger partial charge in [-0.3, -0.25) is 9.36 Å². The first-order chi connectivity index (χ1) is 12.7. The van der Waals surface area contributed by atoms with E-state index < -0.39 is 12.5 Å². The second-order valence-electron chi connectivity index (χ2n) is 6.35. The molecule has 0 amide bonds. The number of hydrogen-bond acceptors (Lipinski definition) is 3. The number of ether oxygens (including phenoxy) is 1. The lowest BCUT2D eigenvalue weighted by atomic mass is 10.0. The van der Waals surface area contributed by atoms with Crippen molar-refractivity contribution < 1.29 is 8.85 Å². The van der Waals surface area contributed by atoms with Crippen molar-refractivity contribution in [3.63, 3.8) is 0 Å². The number of aryl methyl sites for hydroxylation is 2. The summed E-state index contributed by atoms with van der Waals surface area (Å²) in [7, 11) is 0. The number of aromatic nitrogens is 3. The molecule has 2 atom stereocenters. The lowest BCUT2D eigenvalue weighted by Gasteiger charge is -2.13. The molecule has 4 rings (SSSR count). The van der Waals surface area contributed by atoms with E-state index in [2.05, 4.69) is 15.9 Å². The van der Waals surface area contributed by atoms with Crippen molar-refractivity contribution in [3.8, 4) is 0 Å². The van der Waals surface area contributed by atoms with Crippen LogP contribution in [0.2, 0.25) is 0 Å². The summed E-state index contributed by atoms with van der Waals surface area (Å²) in [6.45, 7) is 2.26. The van der Waals surface area contributed by atoms with Gasteiger partial charge in [-0.2, -0.15) is 5.10 Å². The summed E-state index contributed by atoms with van der Waals surface area (Å²) < 4.78 is 32.2. The highest BCUT2D eigenvalue weighted by atomic mass is 79.9. The molecule has 2 aromatic heterocycles. The van der Waals surface area contributed by atoms with Crippen molar-refractivity contribution >= 4 is 37.7 Å². The molecule has 3 aromatic rings. The monoisotopic (exact) mass is 392 g/mol. The van der Waals surface area contributed by atoms with Crippen LogP contribution in [0.4, 0.5) is 0 Å². The summed E-state index contributed by atoms with van der Waals surface area (Å²) in [6, 6.07) is 5.47. The normalized spacial score (nSPS) is 21.8. The molecule has 5 nitrogen and oxygen atoms in total. The summed E-state index contributed by atoms with van der Waals surface area (Å²) in [5, 5.41) is 6.57. The molecular weight excluding hydrogens is 370 g/mol. The summed E-state index contributed by atoms with van der Waals surface area (Å²) in [6.07, 6.45) is 0.730. The van der Waals surface area contributed by atoms with Gasteiger partial charge >= 0.3 is 0 Å². The van der Waals surface area contributed by atoms with Crippen LogP contribution in [0.1, 0.15) is 39.6 Å². The van der Waals surface area contributed by atoms with E-state index in [-0.39, 0.29) is 10.9 Å². The van der Waals surface area contributed by atoms with Crippen LogP contribution in [0.5, 0.6) is 0 Å². The van der Waals surface area contributed by atoms with Crippen LogP contribution >= 0.6 is 15.9 Å². The van der Waals surface area contributed by atoms with Crippen molar-refractivity contribution in [2.24, 2.45) is 6.98 Å². The minimum atomic E-state index is -2.61. The van der Waals surface area contributed by atoms with Crippen LogP contribution in [-0.4, -0.2) is 27.6 Å². The summed E-state index contributed by atoms with van der Waals surface area (Å²) in [4.78, 5) is 13.1. The van der Waals surface area contributed by atoms with Crippen LogP contribution in [0, 0.1) is 6.92 Å². The third-order valence-electron chi connectivity index (χ3n) is 4.63. The van der Waals surface area contributed by atoms with E-state index in [1.165, 1.54) is 0 Å². The zero-order valence-corrected chi connectivity index (χ0v) is 15.1. The lowest BCUT2D eigenvalue weighted by molar-refractivity contribution is 0.185. The van der Waals surface area contributed by atoms with E-state index in [0.717, 1.165) is 27.6 Å². The number of rotatable bonds is 2. The Bertz CT molecular complexity index is 1100. The first-order valence-corrected chi connectivity index (χ1v) is 8.91. The molecule has 1 fully saturated rings. The second kappa shape index (κ2) is 5.70. The molecule has 1 aliphatic heterocycles. The summed E-state index contributed by atoms with van der Waals surface area (Å²) in [5.41, 5.74) is 1.45. The van der Waals surface area contributed by atoms with Gasteiger partial charge in [-0.1, -0.05) is 33.6 Å². The molecule has 0 saturated carbocycles. The van der Waals surface area contributed by atoms with Gasteiger partial charge in [0.25, 0.3) is 5.56 Å². The standard InChI is InChI=1S/C18H20BrN3O2/c1-10-4-5-13-14(8-10)18(23)21(3)17-15(13)16(11(2)19)20-22(17)12-6-7-24-9-12/h4-5,8,11-12H,6-7,9H2,1-3H3/t11?,12-/m0/s1/i3D3. The highest BCUT2D eigenvalue weighted by molar-refractivity contribution is 9.09. The quantitative estimate of drug-likeness (QED) is 0.625. The fraction of sp³-hybridized carbons (Fsp3) is 0.444. The molecular formula is C18H20BrN3O2. The van der Waals surface area contributed by atoms with Gasteiger partial charge in [0.05, 0.1) is 23.2 Å². The zero-order valence-electron chi connectivity index (χ0n) is 16.5. The van der Waals surface area contributed by atoms with E-state index in [1.54, 1.807) is 10.7 Å². The summed E-state index contributed by atoms with van der Waals surface area (Å²) >= 11 is 3.58. The van der Waals surface area contributed by atoms with Crippen LogP contribution < -0.4 is 5.56 Å². The molecule has 1 saturated heterocycles. The molecule has 0 aliphatic carbocycles. The molecule has 0 spiro atoms. The van der Waals surface area contributed by atoms with Crippen molar-refractivity contribution in [1.29, 1.82) is 0 Å². The van der Waals surface area contributed by atoms with E-state index in [9.17, 15) is 4.79 Å². The molecule has 126 valence electrons. The van der Waals surface area contributed by atoms with Gasteiger partial charge in [-0.15, -0.1) is 0 Å². The predicted molar refractivity (Wildman–Crippen MR) is 99.0 cm³/mol. The lowest BCUT2D eigenvalue weighted by Crippen LogP contribution is -2.21. The SMILES string of the molecule is [2H]C([2H])([2H])n1c(=O)c2cc(C)ccc2c2c(C(C)Br)nn([C@H]3CCOC3)c21. The maximum Gasteiger partial charge on any atom is 0.259 e. The molecule has 0 N–H and O–H groups in total. The molecule has 1 aromatic carbocycles. The Morgan fingerprint density at radius 2 is 2.29 bits per heavy atom. The number of alkyl halides is 1. The molecule has 3 heterocycles. The van der Waals surface area contributed by atoms with Crippen molar-refractivity contribution in [2.75, 3.05) is 13.2 Å². The Morgan fingerprint density at radius 1 is 1.46 bits per heavy atom. The number of halogens is 1. The third kappa shape index (κ3) is 2.24. The average molecular weight is 393 g/mol. The van der Waals surface area contributed by atoms with Gasteiger partial charge in [0.1, 0.15) is 5.65 Å². The van der Waals surface area contributed by atoms with E-state index in [1.807, 2.05) is 26.0 Å². The Kier molecular flexibility index (Phi) is 3.01. The average Bonchev–Trinajstić information content (AvgIpc) is 3.21. The van der Waals surface area contributed by atoms with Crippen LogP contribution in [-0.2, 0) is 11.7 Å². The maximum atomic E-state index is 13.2. The van der Waals surface area contributed by atoms with Crippen LogP contribution in [0.25, 0.3) is 21.8 Å². The maximum absolute atomic E-state index is 13.2. The zero-order chi connectivity index (χ0) is 19.5. The Morgan fingerprint density at radius 3 is 2.96 bits per heavy atom. The fourth-order valence-corrected chi connectivity index (χ4v) is 3.75. The third-order valence-corrected chi connectivity index (χ3v) is 5.06. The van der Waals surface area contributed by atoms with Crippen molar-refractivity contribution in [3.05, 3.63) is 39.8 Å². The Hall–Kier alpha value is -1.66. The van der Waals surface area contributed by atoms with Gasteiger partial charge in [-0.25, -0.2) is 4.68 Å². The van der Waals surface area contributed by atoms with Crippen molar-refractivity contribution in [1.82, 2.24) is 14.3 Å². The smallest absolute Gasteiger partial charge is 0.259 e. The second-order valence-corrected chi connectivity index (χ2v) is 7.72. The van der Waals surface area contributed by atoms with Crippen molar-refractivity contribution in [2.45, 2.75) is 31.1 Å². The van der Waals surface area contributed by atoms with Gasteiger partial charge in [-0.05, 0) is 26.3 Å². The largest absolute Gasteiger partial charge is 0.379 e. The van der Waals surface area contributed by atoms with Crippen LogP contribution in [0.15, 0.2) is 23.0 Å². The summed E-state index contributed by atoms with van der Waals surface area (Å²) in [5.74, 6) is 0. The molecule has 1 aliphatic rings. The topological polar surface area (TPSA) is 49.0 Å². The Balaban J connectivity index is 2.26. The first kappa shape index (κ1) is 12.7.